The van der Waals surface area contributed by atoms with Crippen LogP contribution in [0.3, 0.4) is 0 Å². The monoisotopic (exact) mass is 418 g/mol. The Morgan fingerprint density at radius 3 is 2.73 bits per heavy atom. The van der Waals surface area contributed by atoms with E-state index in [1.807, 2.05) is 24.3 Å². The van der Waals surface area contributed by atoms with E-state index in [1.54, 1.807) is 21.1 Å². The minimum atomic E-state index is -0.0663. The molecule has 1 heterocycles. The lowest BCUT2D eigenvalue weighted by atomic mass is 9.78. The number of guanidine groups is 1. The zero-order valence-electron chi connectivity index (χ0n) is 19.3. The van der Waals surface area contributed by atoms with Gasteiger partial charge in [0.1, 0.15) is 5.75 Å². The topological polar surface area (TPSA) is 75.2 Å². The molecule has 0 aliphatic carbocycles. The predicted octanol–water partition coefficient (Wildman–Crippen LogP) is 2.66. The zero-order valence-corrected chi connectivity index (χ0v) is 19.3. The Labute approximate surface area is 181 Å². The maximum Gasteiger partial charge on any atom is 0.259 e. The van der Waals surface area contributed by atoms with Gasteiger partial charge in [-0.3, -0.25) is 9.79 Å². The zero-order chi connectivity index (χ0) is 22.1. The van der Waals surface area contributed by atoms with Crippen molar-refractivity contribution in [3.63, 3.8) is 0 Å². The number of rotatable bonds is 7. The van der Waals surface area contributed by atoms with Crippen LogP contribution in [0.5, 0.6) is 5.75 Å². The van der Waals surface area contributed by atoms with Crippen LogP contribution in [-0.2, 0) is 16.1 Å². The molecule has 0 radical (unpaired) electrons. The summed E-state index contributed by atoms with van der Waals surface area (Å²) in [6, 6.07) is 7.74. The van der Waals surface area contributed by atoms with Crippen LogP contribution in [0.1, 0.15) is 39.2 Å². The van der Waals surface area contributed by atoms with E-state index >= 15 is 0 Å². The highest BCUT2D eigenvalue weighted by Gasteiger charge is 2.35. The third-order valence-electron chi connectivity index (χ3n) is 5.27. The van der Waals surface area contributed by atoms with Gasteiger partial charge >= 0.3 is 0 Å². The van der Waals surface area contributed by atoms with Crippen molar-refractivity contribution in [3.8, 4) is 5.75 Å². The summed E-state index contributed by atoms with van der Waals surface area (Å²) in [5.41, 5.74) is 1.18. The summed E-state index contributed by atoms with van der Waals surface area (Å²) in [6.45, 7) is 9.05. The van der Waals surface area contributed by atoms with Crippen molar-refractivity contribution in [2.24, 2.45) is 16.3 Å². The van der Waals surface area contributed by atoms with E-state index in [4.69, 9.17) is 9.47 Å². The van der Waals surface area contributed by atoms with Gasteiger partial charge in [-0.05, 0) is 36.0 Å². The highest BCUT2D eigenvalue weighted by Crippen LogP contribution is 2.33. The van der Waals surface area contributed by atoms with E-state index < -0.39 is 0 Å². The number of carbonyl (C=O) groups is 1. The number of likely N-dealkylation sites (N-methyl/N-ethyl adjacent to an activating group) is 1. The summed E-state index contributed by atoms with van der Waals surface area (Å²) in [7, 11) is 5.21. The van der Waals surface area contributed by atoms with Crippen LogP contribution in [0, 0.1) is 11.3 Å². The molecule has 1 fully saturated rings. The molecule has 2 rings (SSSR count). The Morgan fingerprint density at radius 1 is 1.30 bits per heavy atom. The molecule has 1 saturated heterocycles. The second-order valence-electron chi connectivity index (χ2n) is 9.09. The van der Waals surface area contributed by atoms with Gasteiger partial charge in [0.15, 0.2) is 12.6 Å². The summed E-state index contributed by atoms with van der Waals surface area (Å²) >= 11 is 0. The van der Waals surface area contributed by atoms with Gasteiger partial charge in [0.25, 0.3) is 5.91 Å². The molecule has 2 N–H and O–H groups in total. The first-order chi connectivity index (χ1) is 14.2. The molecule has 30 heavy (non-hydrogen) atoms. The maximum absolute atomic E-state index is 11.7. The third kappa shape index (κ3) is 7.52. The van der Waals surface area contributed by atoms with E-state index in [0.717, 1.165) is 37.5 Å². The smallest absolute Gasteiger partial charge is 0.259 e. The number of aliphatic imine (C=N–C) groups is 1. The summed E-state index contributed by atoms with van der Waals surface area (Å²) in [4.78, 5) is 17.6. The summed E-state index contributed by atoms with van der Waals surface area (Å²) < 4.78 is 11.7. The minimum absolute atomic E-state index is 0.0332. The number of hydrogen-bond donors (Lipinski definition) is 2. The summed E-state index contributed by atoms with van der Waals surface area (Å²) in [5, 5.41) is 6.81. The normalized spacial score (nSPS) is 19.9. The summed E-state index contributed by atoms with van der Waals surface area (Å²) in [6.07, 6.45) is 2.51. The number of carbonyl (C=O) groups excluding carboxylic acids is 1. The first-order valence-electron chi connectivity index (χ1n) is 10.7. The third-order valence-corrected chi connectivity index (χ3v) is 5.27. The number of amides is 1. The van der Waals surface area contributed by atoms with Crippen molar-refractivity contribution >= 4 is 11.9 Å². The molecule has 1 aromatic carbocycles. The number of nitrogens with zero attached hydrogens (tertiary/aromatic N) is 2. The van der Waals surface area contributed by atoms with Crippen LogP contribution in [-0.4, -0.2) is 63.8 Å². The van der Waals surface area contributed by atoms with Gasteiger partial charge in [-0.25, -0.2) is 0 Å². The van der Waals surface area contributed by atoms with Crippen LogP contribution in [0.4, 0.5) is 0 Å². The summed E-state index contributed by atoms with van der Waals surface area (Å²) in [5.74, 6) is 1.84. The minimum Gasteiger partial charge on any atom is -0.484 e. The number of ether oxygens (including phenoxy) is 2. The highest BCUT2D eigenvalue weighted by atomic mass is 16.5. The highest BCUT2D eigenvalue weighted by molar-refractivity contribution is 5.79. The van der Waals surface area contributed by atoms with E-state index in [1.165, 1.54) is 4.90 Å². The average molecular weight is 419 g/mol. The lowest BCUT2D eigenvalue weighted by molar-refractivity contribution is -0.130. The molecule has 0 bridgehead atoms. The Kier molecular flexibility index (Phi) is 8.96. The molecule has 7 heteroatoms. The van der Waals surface area contributed by atoms with E-state index in [-0.39, 0.29) is 24.0 Å². The molecule has 7 nitrogen and oxygen atoms in total. The molecule has 0 spiro atoms. The predicted molar refractivity (Wildman–Crippen MR) is 121 cm³/mol. The Bertz CT molecular complexity index is 713. The lowest BCUT2D eigenvalue weighted by Gasteiger charge is -2.40. The molecule has 0 saturated carbocycles. The van der Waals surface area contributed by atoms with Crippen molar-refractivity contribution in [3.05, 3.63) is 29.8 Å². The van der Waals surface area contributed by atoms with Crippen molar-refractivity contribution in [1.82, 2.24) is 15.5 Å². The van der Waals surface area contributed by atoms with Crippen molar-refractivity contribution < 1.29 is 14.3 Å². The van der Waals surface area contributed by atoms with Crippen LogP contribution >= 0.6 is 0 Å². The van der Waals surface area contributed by atoms with Gasteiger partial charge in [0.2, 0.25) is 0 Å². The van der Waals surface area contributed by atoms with Gasteiger partial charge < -0.3 is 25.0 Å². The van der Waals surface area contributed by atoms with Crippen LogP contribution in [0.25, 0.3) is 0 Å². The second kappa shape index (κ2) is 11.2. The Balaban J connectivity index is 1.85. The first-order valence-corrected chi connectivity index (χ1v) is 10.7. The van der Waals surface area contributed by atoms with E-state index in [2.05, 4.69) is 36.4 Å². The van der Waals surface area contributed by atoms with E-state index in [0.29, 0.717) is 18.2 Å². The number of benzene rings is 1. The lowest BCUT2D eigenvalue weighted by Crippen LogP contribution is -2.47. The van der Waals surface area contributed by atoms with Gasteiger partial charge in [-0.2, -0.15) is 0 Å². The fourth-order valence-corrected chi connectivity index (χ4v) is 3.66. The van der Waals surface area contributed by atoms with Crippen molar-refractivity contribution in [1.29, 1.82) is 0 Å². The average Bonchev–Trinajstić information content (AvgIpc) is 2.72. The van der Waals surface area contributed by atoms with Crippen molar-refractivity contribution in [2.45, 2.75) is 46.3 Å². The van der Waals surface area contributed by atoms with Crippen molar-refractivity contribution in [2.75, 3.05) is 40.9 Å². The maximum atomic E-state index is 11.7. The van der Waals surface area contributed by atoms with E-state index in [9.17, 15) is 4.79 Å². The van der Waals surface area contributed by atoms with Crippen LogP contribution < -0.4 is 15.4 Å². The molecule has 168 valence electrons. The number of nitrogens with one attached hydrogen (secondary N) is 2. The molecule has 0 aromatic heterocycles. The van der Waals surface area contributed by atoms with Gasteiger partial charge in [0.05, 0.1) is 6.10 Å². The fraction of sp³-hybridized carbons (Fsp3) is 0.652. The fourth-order valence-electron chi connectivity index (χ4n) is 3.66. The first kappa shape index (κ1) is 24.0. The van der Waals surface area contributed by atoms with Gasteiger partial charge in [-0.1, -0.05) is 32.9 Å². The molecular weight excluding hydrogens is 380 g/mol. The second-order valence-corrected chi connectivity index (χ2v) is 9.09. The van der Waals surface area contributed by atoms with Gasteiger partial charge in [0, 0.05) is 46.8 Å². The standard InChI is InChI=1S/C23H38N4O3/c1-23(2,3)21-18(10-8-12-29-21)15-26-22(24-4)25-14-17-9-7-11-19(13-17)30-16-20(28)27(5)6/h7,9,11,13,18,21H,8,10,12,14-16H2,1-6H3,(H2,24,25,26). The molecule has 2 atom stereocenters. The number of hydrogen-bond acceptors (Lipinski definition) is 4. The molecule has 1 aliphatic rings. The van der Waals surface area contributed by atoms with Crippen LogP contribution in [0.2, 0.25) is 0 Å². The molecule has 1 amide bonds. The largest absolute Gasteiger partial charge is 0.484 e. The Hall–Kier alpha value is -2.28. The van der Waals surface area contributed by atoms with Gasteiger partial charge in [-0.15, -0.1) is 0 Å². The quantitative estimate of drug-likeness (QED) is 0.526. The van der Waals surface area contributed by atoms with Crippen LogP contribution in [0.15, 0.2) is 29.3 Å². The molecule has 1 aliphatic heterocycles. The molecular formula is C23H38N4O3. The molecule has 1 aromatic rings. The SMILES string of the molecule is CN=C(NCc1cccc(OCC(=O)N(C)C)c1)NCC1CCCOC1C(C)(C)C. The Morgan fingerprint density at radius 2 is 2.07 bits per heavy atom. The molecule has 2 unspecified atom stereocenters.